The van der Waals surface area contributed by atoms with E-state index in [0.29, 0.717) is 12.0 Å². The second-order valence-corrected chi connectivity index (χ2v) is 8.57. The van der Waals surface area contributed by atoms with E-state index >= 15 is 0 Å². The number of amides is 1. The highest BCUT2D eigenvalue weighted by atomic mass is 19.4. The van der Waals surface area contributed by atoms with Crippen LogP contribution in [0.15, 0.2) is 96.7 Å². The monoisotopic (exact) mass is 562 g/mol. The van der Waals surface area contributed by atoms with Crippen molar-refractivity contribution in [3.05, 3.63) is 125 Å². The van der Waals surface area contributed by atoms with Gasteiger partial charge in [0.2, 0.25) is 0 Å². The zero-order valence-electron chi connectivity index (χ0n) is 22.7. The number of rotatable bonds is 8. The Kier molecular flexibility index (Phi) is 11.3. The Bertz CT molecular complexity index is 1310. The summed E-state index contributed by atoms with van der Waals surface area (Å²) in [5.41, 5.74) is -4.50. The number of nitrogens with zero attached hydrogens (tertiary/aromatic N) is 1. The molecule has 0 aliphatic rings. The maximum absolute atomic E-state index is 14.3. The molecule has 0 radical (unpaired) electrons. The SMILES string of the molecule is C/C=C\C(=C/CC)C(=O)NC(Cc1ccccc1)(c1cccc(C(F)(F)F)c1)c1ncccc1C(F)(F)F.CC. The van der Waals surface area contributed by atoms with Gasteiger partial charge in [-0.25, -0.2) is 0 Å². The molecule has 3 nitrogen and oxygen atoms in total. The second kappa shape index (κ2) is 14.0. The minimum atomic E-state index is -4.90. The van der Waals surface area contributed by atoms with Crippen LogP contribution in [0.4, 0.5) is 26.3 Å². The highest BCUT2D eigenvalue weighted by Gasteiger charge is 2.46. The van der Waals surface area contributed by atoms with Gasteiger partial charge in [-0.1, -0.05) is 81.5 Å². The van der Waals surface area contributed by atoms with Gasteiger partial charge in [0.05, 0.1) is 16.8 Å². The minimum Gasteiger partial charge on any atom is -0.337 e. The molecule has 1 N–H and O–H groups in total. The first-order valence-electron chi connectivity index (χ1n) is 12.8. The van der Waals surface area contributed by atoms with Gasteiger partial charge in [-0.2, -0.15) is 26.3 Å². The quantitative estimate of drug-likeness (QED) is 0.170. The van der Waals surface area contributed by atoms with Crippen LogP contribution in [-0.2, 0) is 29.1 Å². The van der Waals surface area contributed by atoms with Gasteiger partial charge in [-0.15, -0.1) is 0 Å². The van der Waals surface area contributed by atoms with Crippen LogP contribution < -0.4 is 5.32 Å². The molecule has 40 heavy (non-hydrogen) atoms. The van der Waals surface area contributed by atoms with Crippen molar-refractivity contribution in [2.24, 2.45) is 0 Å². The van der Waals surface area contributed by atoms with Crippen LogP contribution in [0.2, 0.25) is 0 Å². The molecule has 1 unspecified atom stereocenters. The number of hydrogen-bond donors (Lipinski definition) is 1. The molecule has 0 fully saturated rings. The maximum atomic E-state index is 14.3. The molecule has 1 atom stereocenters. The average molecular weight is 563 g/mol. The van der Waals surface area contributed by atoms with Crippen molar-refractivity contribution in [1.82, 2.24) is 10.3 Å². The van der Waals surface area contributed by atoms with Crippen LogP contribution in [-0.4, -0.2) is 10.9 Å². The molecular weight excluding hydrogens is 530 g/mol. The van der Waals surface area contributed by atoms with Crippen LogP contribution in [0.5, 0.6) is 0 Å². The third-order valence-electron chi connectivity index (χ3n) is 5.87. The lowest BCUT2D eigenvalue weighted by molar-refractivity contribution is -0.140. The fourth-order valence-corrected chi connectivity index (χ4v) is 4.24. The molecule has 3 aromatic rings. The van der Waals surface area contributed by atoms with Crippen molar-refractivity contribution in [1.29, 1.82) is 0 Å². The summed E-state index contributed by atoms with van der Waals surface area (Å²) in [6.07, 6.45) is -3.74. The molecular formula is C31H32F6N2O. The Morgan fingerprint density at radius 1 is 0.875 bits per heavy atom. The lowest BCUT2D eigenvalue weighted by Gasteiger charge is -2.37. The molecule has 1 amide bonds. The molecule has 0 saturated heterocycles. The first kappa shape index (κ1) is 32.3. The van der Waals surface area contributed by atoms with Crippen molar-refractivity contribution in [2.45, 2.75) is 58.4 Å². The van der Waals surface area contributed by atoms with E-state index in [1.165, 1.54) is 12.1 Å². The van der Waals surface area contributed by atoms with Crippen LogP contribution in [0, 0.1) is 0 Å². The summed E-state index contributed by atoms with van der Waals surface area (Å²) in [6.45, 7) is 7.45. The van der Waals surface area contributed by atoms with Gasteiger partial charge in [0.25, 0.3) is 5.91 Å². The van der Waals surface area contributed by atoms with Gasteiger partial charge in [-0.05, 0) is 48.7 Å². The van der Waals surface area contributed by atoms with Crippen molar-refractivity contribution < 1.29 is 31.1 Å². The topological polar surface area (TPSA) is 42.0 Å². The summed E-state index contributed by atoms with van der Waals surface area (Å²) in [7, 11) is 0. The Morgan fingerprint density at radius 3 is 2.10 bits per heavy atom. The Balaban J connectivity index is 0.00000274. The predicted octanol–water partition coefficient (Wildman–Crippen LogP) is 8.66. The molecule has 1 heterocycles. The van der Waals surface area contributed by atoms with Crippen molar-refractivity contribution in [2.75, 3.05) is 0 Å². The van der Waals surface area contributed by atoms with E-state index in [9.17, 15) is 31.1 Å². The van der Waals surface area contributed by atoms with Gasteiger partial charge in [0.1, 0.15) is 5.54 Å². The number of aromatic nitrogens is 1. The number of pyridine rings is 1. The van der Waals surface area contributed by atoms with Crippen LogP contribution in [0.25, 0.3) is 0 Å². The Labute approximate surface area is 230 Å². The molecule has 0 bridgehead atoms. The van der Waals surface area contributed by atoms with Gasteiger partial charge >= 0.3 is 12.4 Å². The molecule has 214 valence electrons. The normalized spacial score (nSPS) is 13.8. The van der Waals surface area contributed by atoms with Crippen molar-refractivity contribution in [3.8, 4) is 0 Å². The average Bonchev–Trinajstić information content (AvgIpc) is 2.93. The first-order valence-corrected chi connectivity index (χ1v) is 12.8. The zero-order chi connectivity index (χ0) is 30.0. The lowest BCUT2D eigenvalue weighted by atomic mass is 9.78. The van der Waals surface area contributed by atoms with Crippen molar-refractivity contribution in [3.63, 3.8) is 0 Å². The highest BCUT2D eigenvalue weighted by molar-refractivity contribution is 5.97. The Hall–Kier alpha value is -3.88. The van der Waals surface area contributed by atoms with E-state index in [4.69, 9.17) is 0 Å². The number of benzene rings is 2. The molecule has 0 saturated carbocycles. The van der Waals surface area contributed by atoms with Crippen LogP contribution in [0.3, 0.4) is 0 Å². The summed E-state index contributed by atoms with van der Waals surface area (Å²) in [4.78, 5) is 17.6. The number of carbonyl (C=O) groups excluding carboxylic acids is 1. The second-order valence-electron chi connectivity index (χ2n) is 8.57. The van der Waals surface area contributed by atoms with Gasteiger partial charge < -0.3 is 5.32 Å². The van der Waals surface area contributed by atoms with Crippen molar-refractivity contribution >= 4 is 5.91 Å². The van der Waals surface area contributed by atoms with E-state index in [1.54, 1.807) is 56.3 Å². The van der Waals surface area contributed by atoms with Gasteiger partial charge in [0.15, 0.2) is 0 Å². The summed E-state index contributed by atoms with van der Waals surface area (Å²) >= 11 is 0. The number of nitrogens with one attached hydrogen (secondary N) is 1. The molecule has 0 spiro atoms. The van der Waals surface area contributed by atoms with Crippen LogP contribution >= 0.6 is 0 Å². The van der Waals surface area contributed by atoms with E-state index < -0.39 is 40.6 Å². The molecule has 0 aliphatic heterocycles. The van der Waals surface area contributed by atoms with E-state index in [-0.39, 0.29) is 17.6 Å². The third kappa shape index (κ3) is 7.83. The molecule has 2 aromatic carbocycles. The first-order chi connectivity index (χ1) is 18.9. The maximum Gasteiger partial charge on any atom is 0.418 e. The number of halogens is 6. The number of carbonyl (C=O) groups is 1. The standard InChI is InChI=1S/C29H26F6N2O.C2H6/c1-3-10-21(11-4-2)26(38)37-27(19-20-12-6-5-7-13-20,22-14-8-15-23(18-22)28(30,31)32)25-24(29(33,34)35)16-9-17-36-25;1-2/h3,5-18H,4,19H2,1-2H3,(H,37,38);1-2H3/b10-3-,21-11+;. The smallest absolute Gasteiger partial charge is 0.337 e. The highest BCUT2D eigenvalue weighted by Crippen LogP contribution is 2.42. The summed E-state index contributed by atoms with van der Waals surface area (Å²) < 4.78 is 84.1. The van der Waals surface area contributed by atoms with E-state index in [2.05, 4.69) is 10.3 Å². The minimum absolute atomic E-state index is 0.156. The number of hydrogen-bond acceptors (Lipinski definition) is 2. The van der Waals surface area contributed by atoms with Crippen LogP contribution in [0.1, 0.15) is 62.1 Å². The summed E-state index contributed by atoms with van der Waals surface area (Å²) in [5.74, 6) is -0.753. The largest absolute Gasteiger partial charge is 0.418 e. The number of allylic oxidation sites excluding steroid dienone is 2. The molecule has 3 rings (SSSR count). The predicted molar refractivity (Wildman–Crippen MR) is 144 cm³/mol. The summed E-state index contributed by atoms with van der Waals surface area (Å²) in [6, 6.07) is 14.1. The van der Waals surface area contributed by atoms with Gasteiger partial charge in [0, 0.05) is 18.2 Å². The molecule has 1 aromatic heterocycles. The molecule has 0 aliphatic carbocycles. The Morgan fingerprint density at radius 2 is 1.52 bits per heavy atom. The lowest BCUT2D eigenvalue weighted by Crippen LogP contribution is -2.50. The summed E-state index contributed by atoms with van der Waals surface area (Å²) in [5, 5.41) is 2.68. The van der Waals surface area contributed by atoms with E-state index in [1.807, 2.05) is 13.8 Å². The van der Waals surface area contributed by atoms with Gasteiger partial charge in [-0.3, -0.25) is 9.78 Å². The fourth-order valence-electron chi connectivity index (χ4n) is 4.24. The molecule has 9 heteroatoms. The zero-order valence-corrected chi connectivity index (χ0v) is 22.7. The third-order valence-corrected chi connectivity index (χ3v) is 5.87. The number of alkyl halides is 6. The van der Waals surface area contributed by atoms with E-state index in [0.717, 1.165) is 36.5 Å². The fraction of sp³-hybridized carbons (Fsp3) is 0.290.